The van der Waals surface area contributed by atoms with Crippen LogP contribution in [-0.4, -0.2) is 21.5 Å². The topological polar surface area (TPSA) is 64.0 Å². The average Bonchev–Trinajstić information content (AvgIpc) is 3.15. The molecule has 0 aliphatic rings. The van der Waals surface area contributed by atoms with Gasteiger partial charge in [0.15, 0.2) is 11.6 Å². The van der Waals surface area contributed by atoms with Gasteiger partial charge < -0.3 is 5.32 Å². The quantitative estimate of drug-likeness (QED) is 0.276. The molecule has 33 heavy (non-hydrogen) atoms. The molecule has 0 radical (unpaired) electrons. The zero-order chi connectivity index (χ0) is 23.5. The number of hydrogen-bond donors (Lipinski definition) is 1. The number of carbonyl (C=O) groups is 2. The van der Waals surface area contributed by atoms with Crippen molar-refractivity contribution < 1.29 is 14.0 Å². The molecule has 5 nitrogen and oxygen atoms in total. The molecule has 4 aromatic rings. The second kappa shape index (κ2) is 9.87. The summed E-state index contributed by atoms with van der Waals surface area (Å²) in [7, 11) is 0. The van der Waals surface area contributed by atoms with Crippen molar-refractivity contribution in [2.75, 3.05) is 5.32 Å². The maximum Gasteiger partial charge on any atom is 0.257 e. The number of aromatic nitrogens is 2. The molecule has 9 heteroatoms. The maximum atomic E-state index is 14.1. The molecule has 0 aliphatic heterocycles. The minimum Gasteiger partial charge on any atom is -0.304 e. The minimum atomic E-state index is -0.511. The van der Waals surface area contributed by atoms with Gasteiger partial charge in [0.25, 0.3) is 5.91 Å². The highest BCUT2D eigenvalue weighted by Gasteiger charge is 2.20. The number of ketones is 1. The second-order valence-corrected chi connectivity index (χ2v) is 8.76. The van der Waals surface area contributed by atoms with E-state index in [4.69, 9.17) is 23.2 Å². The van der Waals surface area contributed by atoms with Crippen molar-refractivity contribution in [2.24, 2.45) is 0 Å². The molecule has 0 saturated heterocycles. The number of halogens is 4. The summed E-state index contributed by atoms with van der Waals surface area (Å²) in [6, 6.07) is 17.4. The van der Waals surface area contributed by atoms with Crippen LogP contribution in [0.15, 0.2) is 77.4 Å². The van der Waals surface area contributed by atoms with Crippen LogP contribution in [0, 0.1) is 5.82 Å². The second-order valence-electron chi connectivity index (χ2n) is 7.06. The van der Waals surface area contributed by atoms with Crippen LogP contribution in [0.2, 0.25) is 10.0 Å². The fraction of sp³-hybridized carbons (Fsp3) is 0.0417. The number of anilines is 1. The highest BCUT2D eigenvalue weighted by atomic mass is 79.9. The lowest BCUT2D eigenvalue weighted by molar-refractivity contribution is 0.0996. The molecule has 3 aromatic carbocycles. The Hall–Kier alpha value is -3.00. The fourth-order valence-corrected chi connectivity index (χ4v) is 3.98. The van der Waals surface area contributed by atoms with Crippen LogP contribution in [-0.2, 0) is 6.54 Å². The summed E-state index contributed by atoms with van der Waals surface area (Å²) >= 11 is 15.4. The van der Waals surface area contributed by atoms with Crippen LogP contribution in [0.4, 0.5) is 10.2 Å². The van der Waals surface area contributed by atoms with Gasteiger partial charge in [-0.1, -0.05) is 47.5 Å². The molecule has 1 aromatic heterocycles. The van der Waals surface area contributed by atoms with Crippen molar-refractivity contribution in [3.05, 3.63) is 116 Å². The van der Waals surface area contributed by atoms with E-state index >= 15 is 0 Å². The Morgan fingerprint density at radius 2 is 1.67 bits per heavy atom. The zero-order valence-electron chi connectivity index (χ0n) is 16.9. The van der Waals surface area contributed by atoms with Gasteiger partial charge in [0, 0.05) is 32.9 Å². The van der Waals surface area contributed by atoms with E-state index in [0.717, 1.165) is 0 Å². The van der Waals surface area contributed by atoms with E-state index < -0.39 is 11.7 Å². The lowest BCUT2D eigenvalue weighted by Gasteiger charge is -2.09. The standard InChI is InChI=1S/C24H15BrCl2FN3O2/c25-19-13-31(12-18-20(27)6-3-7-21(18)28)30-23(19)29-24(33)17-5-2-1-4-16(17)22(32)14-8-10-15(26)11-9-14/h1-11,13H,12H2,(H,29,30,33). The zero-order valence-corrected chi connectivity index (χ0v) is 20.0. The molecule has 1 N–H and O–H groups in total. The Morgan fingerprint density at radius 1 is 0.970 bits per heavy atom. The third-order valence-electron chi connectivity index (χ3n) is 4.85. The summed E-state index contributed by atoms with van der Waals surface area (Å²) in [5.41, 5.74) is 1.12. The van der Waals surface area contributed by atoms with Gasteiger partial charge in [-0.2, -0.15) is 5.10 Å². The first-order valence-corrected chi connectivity index (χ1v) is 11.2. The summed E-state index contributed by atoms with van der Waals surface area (Å²) in [5, 5.41) is 7.80. The number of hydrogen-bond acceptors (Lipinski definition) is 3. The molecule has 166 valence electrons. The van der Waals surface area contributed by atoms with Gasteiger partial charge in [-0.3, -0.25) is 14.3 Å². The number of carbonyl (C=O) groups excluding carboxylic acids is 2. The molecule has 0 aliphatic carbocycles. The van der Waals surface area contributed by atoms with Crippen molar-refractivity contribution in [2.45, 2.75) is 6.54 Å². The van der Waals surface area contributed by atoms with Crippen molar-refractivity contribution >= 4 is 56.6 Å². The predicted octanol–water partition coefficient (Wildman–Crippen LogP) is 6.62. The van der Waals surface area contributed by atoms with Gasteiger partial charge in [0.05, 0.1) is 16.6 Å². The number of nitrogens with zero attached hydrogens (tertiary/aromatic N) is 2. The first-order chi connectivity index (χ1) is 15.8. The van der Waals surface area contributed by atoms with Gasteiger partial charge in [-0.15, -0.1) is 0 Å². The molecular formula is C24H15BrCl2FN3O2. The number of benzene rings is 3. The van der Waals surface area contributed by atoms with E-state index in [1.807, 2.05) is 0 Å². The Balaban J connectivity index is 1.57. The highest BCUT2D eigenvalue weighted by molar-refractivity contribution is 9.10. The lowest BCUT2D eigenvalue weighted by Crippen LogP contribution is -2.17. The maximum absolute atomic E-state index is 14.1. The van der Waals surface area contributed by atoms with Crippen LogP contribution >= 0.6 is 39.1 Å². The SMILES string of the molecule is O=C(Nc1nn(Cc2c(F)cccc2Cl)cc1Br)c1ccccc1C(=O)c1ccc(Cl)cc1. The van der Waals surface area contributed by atoms with Crippen LogP contribution < -0.4 is 5.32 Å². The number of amides is 1. The van der Waals surface area contributed by atoms with Crippen LogP contribution in [0.5, 0.6) is 0 Å². The summed E-state index contributed by atoms with van der Waals surface area (Å²) in [6.07, 6.45) is 1.60. The number of rotatable bonds is 6. The normalized spacial score (nSPS) is 10.8. The molecule has 4 rings (SSSR count). The Kier molecular flexibility index (Phi) is 6.93. The molecule has 0 unspecified atom stereocenters. The molecular weight excluding hydrogens is 532 g/mol. The summed E-state index contributed by atoms with van der Waals surface area (Å²) in [5.74, 6) is -1.05. The summed E-state index contributed by atoms with van der Waals surface area (Å²) < 4.78 is 16.1. The van der Waals surface area contributed by atoms with E-state index in [2.05, 4.69) is 26.3 Å². The van der Waals surface area contributed by atoms with Crippen molar-refractivity contribution in [1.82, 2.24) is 9.78 Å². The first-order valence-electron chi connectivity index (χ1n) is 9.70. The molecule has 1 heterocycles. The largest absolute Gasteiger partial charge is 0.304 e. The smallest absolute Gasteiger partial charge is 0.257 e. The van der Waals surface area contributed by atoms with Gasteiger partial charge in [-0.05, 0) is 58.4 Å². The fourth-order valence-electron chi connectivity index (χ4n) is 3.22. The Bertz CT molecular complexity index is 1340. The van der Waals surface area contributed by atoms with Gasteiger partial charge in [-0.25, -0.2) is 4.39 Å². The lowest BCUT2D eigenvalue weighted by atomic mass is 9.98. The average molecular weight is 547 g/mol. The third kappa shape index (κ3) is 5.16. The number of nitrogens with one attached hydrogen (secondary N) is 1. The summed E-state index contributed by atoms with van der Waals surface area (Å²) in [6.45, 7) is 0.0750. The van der Waals surface area contributed by atoms with E-state index in [0.29, 0.717) is 15.1 Å². The van der Waals surface area contributed by atoms with Crippen LogP contribution in [0.1, 0.15) is 31.8 Å². The van der Waals surface area contributed by atoms with Crippen LogP contribution in [0.25, 0.3) is 0 Å². The van der Waals surface area contributed by atoms with Crippen LogP contribution in [0.3, 0.4) is 0 Å². The van der Waals surface area contributed by atoms with E-state index in [1.54, 1.807) is 60.8 Å². The third-order valence-corrected chi connectivity index (χ3v) is 6.04. The molecule has 0 spiro atoms. The molecule has 0 atom stereocenters. The van der Waals surface area contributed by atoms with Crippen molar-refractivity contribution in [1.29, 1.82) is 0 Å². The Morgan fingerprint density at radius 3 is 2.36 bits per heavy atom. The van der Waals surface area contributed by atoms with Gasteiger partial charge in [0.2, 0.25) is 0 Å². The monoisotopic (exact) mass is 545 g/mol. The highest BCUT2D eigenvalue weighted by Crippen LogP contribution is 2.25. The molecule has 1 amide bonds. The minimum absolute atomic E-state index is 0.0750. The first kappa shape index (κ1) is 23.2. The predicted molar refractivity (Wildman–Crippen MR) is 130 cm³/mol. The van der Waals surface area contributed by atoms with Crippen molar-refractivity contribution in [3.8, 4) is 0 Å². The van der Waals surface area contributed by atoms with E-state index in [1.165, 1.54) is 16.8 Å². The van der Waals surface area contributed by atoms with Gasteiger partial charge >= 0.3 is 0 Å². The molecule has 0 saturated carbocycles. The van der Waals surface area contributed by atoms with E-state index in [-0.39, 0.29) is 39.9 Å². The van der Waals surface area contributed by atoms with Crippen molar-refractivity contribution in [3.63, 3.8) is 0 Å². The molecule has 0 bridgehead atoms. The Labute approximate surface area is 207 Å². The molecule has 0 fully saturated rings. The van der Waals surface area contributed by atoms with Gasteiger partial charge in [0.1, 0.15) is 5.82 Å². The summed E-state index contributed by atoms with van der Waals surface area (Å²) in [4.78, 5) is 26.0. The van der Waals surface area contributed by atoms with E-state index in [9.17, 15) is 14.0 Å².